The van der Waals surface area contributed by atoms with Crippen molar-refractivity contribution in [3.05, 3.63) is 29.8 Å². The van der Waals surface area contributed by atoms with E-state index in [9.17, 15) is 5.11 Å². The molecule has 0 amide bonds. The Bertz CT molecular complexity index is 304. The second-order valence-electron chi connectivity index (χ2n) is 3.36. The Morgan fingerprint density at radius 1 is 1.38 bits per heavy atom. The fourth-order valence-electron chi connectivity index (χ4n) is 1.28. The van der Waals surface area contributed by atoms with E-state index >= 15 is 0 Å². The highest BCUT2D eigenvalue weighted by Gasteiger charge is 2.08. The maximum absolute atomic E-state index is 9.92. The minimum absolute atomic E-state index is 0.447. The van der Waals surface area contributed by atoms with Crippen molar-refractivity contribution in [2.75, 3.05) is 32.3 Å². The maximum atomic E-state index is 9.92. The average molecular weight is 242 g/mol. The second-order valence-corrected chi connectivity index (χ2v) is 4.51. The van der Waals surface area contributed by atoms with Crippen LogP contribution in [0.5, 0.6) is 5.75 Å². The van der Waals surface area contributed by atoms with Crippen molar-refractivity contribution in [3.8, 4) is 5.75 Å². The first-order valence-corrected chi connectivity index (χ1v) is 6.32. The zero-order chi connectivity index (χ0) is 11.8. The summed E-state index contributed by atoms with van der Waals surface area (Å²) in [6.07, 6.45) is -0.447. The quantitative estimate of drug-likeness (QED) is 0.743. The standard InChI is InChI=1S/C12H18O3S/c1-14-6-7-16-9-12(13)10-4-3-5-11(8-10)15-2/h3-5,8,12-13H,6-7,9H2,1-2H3. The highest BCUT2D eigenvalue weighted by molar-refractivity contribution is 7.99. The molecular formula is C12H18O3S. The van der Waals surface area contributed by atoms with Crippen molar-refractivity contribution in [3.63, 3.8) is 0 Å². The van der Waals surface area contributed by atoms with Crippen LogP contribution in [0.3, 0.4) is 0 Å². The van der Waals surface area contributed by atoms with Crippen LogP contribution >= 0.6 is 11.8 Å². The van der Waals surface area contributed by atoms with Gasteiger partial charge in [-0.1, -0.05) is 12.1 Å². The van der Waals surface area contributed by atoms with Gasteiger partial charge in [0.25, 0.3) is 0 Å². The summed E-state index contributed by atoms with van der Waals surface area (Å²) in [5.74, 6) is 2.35. The van der Waals surface area contributed by atoms with E-state index in [4.69, 9.17) is 9.47 Å². The highest BCUT2D eigenvalue weighted by atomic mass is 32.2. The SMILES string of the molecule is COCCSCC(O)c1cccc(OC)c1. The Morgan fingerprint density at radius 3 is 2.88 bits per heavy atom. The topological polar surface area (TPSA) is 38.7 Å². The van der Waals surface area contributed by atoms with Crippen molar-refractivity contribution in [2.45, 2.75) is 6.10 Å². The molecular weight excluding hydrogens is 224 g/mol. The lowest BCUT2D eigenvalue weighted by molar-refractivity contribution is 0.202. The Kier molecular flexibility index (Phi) is 6.30. The van der Waals surface area contributed by atoms with Crippen LogP contribution in [0.15, 0.2) is 24.3 Å². The first kappa shape index (κ1) is 13.4. The van der Waals surface area contributed by atoms with Crippen molar-refractivity contribution < 1.29 is 14.6 Å². The fourth-order valence-corrected chi connectivity index (χ4v) is 2.15. The molecule has 0 bridgehead atoms. The van der Waals surface area contributed by atoms with E-state index in [0.29, 0.717) is 5.75 Å². The van der Waals surface area contributed by atoms with E-state index in [0.717, 1.165) is 23.7 Å². The summed E-state index contributed by atoms with van der Waals surface area (Å²) in [5.41, 5.74) is 0.893. The van der Waals surface area contributed by atoms with Gasteiger partial charge in [0, 0.05) is 18.6 Å². The van der Waals surface area contributed by atoms with Gasteiger partial charge in [0.2, 0.25) is 0 Å². The molecule has 0 radical (unpaired) electrons. The zero-order valence-electron chi connectivity index (χ0n) is 9.68. The van der Waals surface area contributed by atoms with Gasteiger partial charge in [-0.15, -0.1) is 0 Å². The Balaban J connectivity index is 2.42. The molecule has 1 atom stereocenters. The van der Waals surface area contributed by atoms with Crippen molar-refractivity contribution in [1.29, 1.82) is 0 Å². The van der Waals surface area contributed by atoms with Gasteiger partial charge in [-0.3, -0.25) is 0 Å². The summed E-state index contributed by atoms with van der Waals surface area (Å²) < 4.78 is 10.1. The molecule has 4 heteroatoms. The van der Waals surface area contributed by atoms with Gasteiger partial charge in [0.05, 0.1) is 19.8 Å². The summed E-state index contributed by atoms with van der Waals surface area (Å²) in [4.78, 5) is 0. The molecule has 0 aromatic heterocycles. The van der Waals surface area contributed by atoms with Gasteiger partial charge >= 0.3 is 0 Å². The van der Waals surface area contributed by atoms with Gasteiger partial charge in [-0.2, -0.15) is 11.8 Å². The van der Waals surface area contributed by atoms with Crippen LogP contribution in [-0.2, 0) is 4.74 Å². The molecule has 0 aliphatic rings. The molecule has 0 fully saturated rings. The third kappa shape index (κ3) is 4.43. The molecule has 90 valence electrons. The van der Waals surface area contributed by atoms with E-state index in [-0.39, 0.29) is 0 Å². The summed E-state index contributed by atoms with van der Waals surface area (Å²) >= 11 is 1.68. The second kappa shape index (κ2) is 7.54. The minimum Gasteiger partial charge on any atom is -0.497 e. The van der Waals surface area contributed by atoms with Crippen LogP contribution in [0.1, 0.15) is 11.7 Å². The summed E-state index contributed by atoms with van der Waals surface area (Å²) in [5, 5.41) is 9.92. The van der Waals surface area contributed by atoms with Gasteiger partial charge in [-0.05, 0) is 17.7 Å². The molecule has 16 heavy (non-hydrogen) atoms. The van der Waals surface area contributed by atoms with Crippen LogP contribution in [0.25, 0.3) is 0 Å². The van der Waals surface area contributed by atoms with Crippen LogP contribution in [0, 0.1) is 0 Å². The molecule has 1 rings (SSSR count). The number of ether oxygens (including phenoxy) is 2. The van der Waals surface area contributed by atoms with Gasteiger partial charge in [0.15, 0.2) is 0 Å². The van der Waals surface area contributed by atoms with E-state index in [1.807, 2.05) is 24.3 Å². The molecule has 0 heterocycles. The van der Waals surface area contributed by atoms with Crippen molar-refractivity contribution >= 4 is 11.8 Å². The molecule has 0 saturated carbocycles. The van der Waals surface area contributed by atoms with E-state index < -0.39 is 6.10 Å². The molecule has 1 unspecified atom stereocenters. The Labute approximate surface area is 101 Å². The lowest BCUT2D eigenvalue weighted by atomic mass is 10.1. The first-order chi connectivity index (χ1) is 7.77. The molecule has 0 spiro atoms. The number of hydrogen-bond acceptors (Lipinski definition) is 4. The Morgan fingerprint density at radius 2 is 2.19 bits per heavy atom. The predicted molar refractivity (Wildman–Crippen MR) is 67.2 cm³/mol. The van der Waals surface area contributed by atoms with Gasteiger partial charge in [-0.25, -0.2) is 0 Å². The number of benzene rings is 1. The maximum Gasteiger partial charge on any atom is 0.119 e. The number of aliphatic hydroxyl groups excluding tert-OH is 1. The largest absolute Gasteiger partial charge is 0.497 e. The van der Waals surface area contributed by atoms with Crippen molar-refractivity contribution in [2.24, 2.45) is 0 Å². The van der Waals surface area contributed by atoms with Gasteiger partial charge < -0.3 is 14.6 Å². The molecule has 0 aliphatic carbocycles. The molecule has 0 saturated heterocycles. The first-order valence-electron chi connectivity index (χ1n) is 5.16. The summed E-state index contributed by atoms with van der Waals surface area (Å²) in [6, 6.07) is 7.52. The number of rotatable bonds is 7. The molecule has 1 aromatic rings. The van der Waals surface area contributed by atoms with Crippen LogP contribution in [0.2, 0.25) is 0 Å². The van der Waals surface area contributed by atoms with Crippen LogP contribution < -0.4 is 4.74 Å². The van der Waals surface area contributed by atoms with E-state index in [1.54, 1.807) is 26.0 Å². The molecule has 1 N–H and O–H groups in total. The molecule has 0 aliphatic heterocycles. The number of hydrogen-bond donors (Lipinski definition) is 1. The lowest BCUT2D eigenvalue weighted by Crippen LogP contribution is -2.03. The van der Waals surface area contributed by atoms with Crippen LogP contribution in [-0.4, -0.2) is 37.4 Å². The normalized spacial score (nSPS) is 12.4. The summed E-state index contributed by atoms with van der Waals surface area (Å²) in [6.45, 7) is 0.718. The Hall–Kier alpha value is -0.710. The highest BCUT2D eigenvalue weighted by Crippen LogP contribution is 2.22. The number of methoxy groups -OCH3 is 2. The van der Waals surface area contributed by atoms with Gasteiger partial charge in [0.1, 0.15) is 5.75 Å². The fraction of sp³-hybridized carbons (Fsp3) is 0.500. The zero-order valence-corrected chi connectivity index (χ0v) is 10.5. The lowest BCUT2D eigenvalue weighted by Gasteiger charge is -2.11. The minimum atomic E-state index is -0.447. The van der Waals surface area contributed by atoms with Crippen molar-refractivity contribution in [1.82, 2.24) is 0 Å². The van der Waals surface area contributed by atoms with E-state index in [1.165, 1.54) is 0 Å². The number of thioether (sulfide) groups is 1. The van der Waals surface area contributed by atoms with Crippen LogP contribution in [0.4, 0.5) is 0 Å². The molecule has 1 aromatic carbocycles. The third-order valence-corrected chi connectivity index (χ3v) is 3.19. The number of aliphatic hydroxyl groups is 1. The average Bonchev–Trinajstić information content (AvgIpc) is 2.34. The van der Waals surface area contributed by atoms with E-state index in [2.05, 4.69) is 0 Å². The third-order valence-electron chi connectivity index (χ3n) is 2.19. The monoisotopic (exact) mass is 242 g/mol. The predicted octanol–water partition coefficient (Wildman–Crippen LogP) is 2.11. The summed E-state index contributed by atoms with van der Waals surface area (Å²) in [7, 11) is 3.30. The molecule has 3 nitrogen and oxygen atoms in total. The smallest absolute Gasteiger partial charge is 0.119 e.